The highest BCUT2D eigenvalue weighted by molar-refractivity contribution is 6.06. The Bertz CT molecular complexity index is 1050. The van der Waals surface area contributed by atoms with Gasteiger partial charge in [-0.05, 0) is 87.5 Å². The molecule has 2 aromatic carbocycles. The third-order valence-corrected chi connectivity index (χ3v) is 7.30. The van der Waals surface area contributed by atoms with Crippen molar-refractivity contribution in [1.82, 2.24) is 15.1 Å². The van der Waals surface area contributed by atoms with Crippen molar-refractivity contribution < 1.29 is 23.8 Å². The smallest absolute Gasteiger partial charge is 0.325 e. The maximum atomic E-state index is 13.3. The number of urea groups is 1. The monoisotopic (exact) mass is 469 g/mol. The van der Waals surface area contributed by atoms with Gasteiger partial charge in [-0.1, -0.05) is 18.2 Å². The molecule has 2 saturated heterocycles. The predicted molar refractivity (Wildman–Crippen MR) is 126 cm³/mol. The van der Waals surface area contributed by atoms with Gasteiger partial charge < -0.3 is 20.1 Å². The fourth-order valence-electron chi connectivity index (χ4n) is 5.15. The first-order chi connectivity index (χ1) is 16.2. The topological polar surface area (TPSA) is 82.1 Å². The Balaban J connectivity index is 1.36. The third-order valence-electron chi connectivity index (χ3n) is 7.30. The number of rotatable bonds is 7. The van der Waals surface area contributed by atoms with Gasteiger partial charge in [0.05, 0.1) is 13.7 Å². The molecule has 0 aromatic heterocycles. The molecule has 0 aliphatic carbocycles. The molecule has 3 amide bonds. The SMILES string of the molecule is COc1cc(C[C@H](C)N2CCC([C@]3(C)NC(=O)N(Cc4ccc(F)cc4)C3=O)CC2)ccc1O. The maximum Gasteiger partial charge on any atom is 0.325 e. The van der Waals surface area contributed by atoms with Gasteiger partial charge in [-0.15, -0.1) is 0 Å². The Morgan fingerprint density at radius 3 is 2.44 bits per heavy atom. The minimum absolute atomic E-state index is 0.0411. The van der Waals surface area contributed by atoms with Gasteiger partial charge >= 0.3 is 6.03 Å². The van der Waals surface area contributed by atoms with Crippen LogP contribution in [-0.2, 0) is 17.8 Å². The number of amides is 3. The molecule has 34 heavy (non-hydrogen) atoms. The number of aromatic hydroxyl groups is 1. The number of nitrogens with zero attached hydrogens (tertiary/aromatic N) is 2. The molecule has 0 spiro atoms. The molecular weight excluding hydrogens is 437 g/mol. The van der Waals surface area contributed by atoms with Crippen LogP contribution < -0.4 is 10.1 Å². The zero-order chi connectivity index (χ0) is 24.5. The van der Waals surface area contributed by atoms with Crippen molar-refractivity contribution in [3.8, 4) is 11.5 Å². The second-order valence-corrected chi connectivity index (χ2v) is 9.52. The number of methoxy groups -OCH3 is 1. The third kappa shape index (κ3) is 4.73. The molecule has 4 rings (SSSR count). The molecule has 2 atom stereocenters. The van der Waals surface area contributed by atoms with Gasteiger partial charge in [-0.25, -0.2) is 9.18 Å². The van der Waals surface area contributed by atoms with Gasteiger partial charge in [0.1, 0.15) is 11.4 Å². The van der Waals surface area contributed by atoms with Crippen LogP contribution >= 0.6 is 0 Å². The van der Waals surface area contributed by atoms with Crippen LogP contribution in [0.1, 0.15) is 37.8 Å². The molecule has 7 nitrogen and oxygen atoms in total. The first-order valence-electron chi connectivity index (χ1n) is 11.7. The lowest BCUT2D eigenvalue weighted by Gasteiger charge is -2.41. The fourth-order valence-corrected chi connectivity index (χ4v) is 5.15. The van der Waals surface area contributed by atoms with E-state index in [1.54, 1.807) is 18.2 Å². The summed E-state index contributed by atoms with van der Waals surface area (Å²) in [5, 5.41) is 12.8. The van der Waals surface area contributed by atoms with Gasteiger partial charge in [0.2, 0.25) is 0 Å². The number of nitrogens with one attached hydrogen (secondary N) is 1. The molecular formula is C26H32FN3O4. The lowest BCUT2D eigenvalue weighted by molar-refractivity contribution is -0.133. The summed E-state index contributed by atoms with van der Waals surface area (Å²) in [6, 6.07) is 11.2. The number of phenols is 1. The van der Waals surface area contributed by atoms with Crippen LogP contribution in [0.15, 0.2) is 42.5 Å². The van der Waals surface area contributed by atoms with Gasteiger partial charge in [-0.3, -0.25) is 9.69 Å². The second kappa shape index (κ2) is 9.62. The minimum Gasteiger partial charge on any atom is -0.504 e. The molecule has 2 N–H and O–H groups in total. The Morgan fingerprint density at radius 2 is 1.79 bits per heavy atom. The van der Waals surface area contributed by atoms with Crippen molar-refractivity contribution in [3.05, 3.63) is 59.4 Å². The number of carbonyl (C=O) groups is 2. The van der Waals surface area contributed by atoms with E-state index in [-0.39, 0.29) is 36.0 Å². The number of ether oxygens (including phenoxy) is 1. The Labute approximate surface area is 199 Å². The molecule has 0 radical (unpaired) electrons. The van der Waals surface area contributed by atoms with E-state index in [4.69, 9.17) is 4.74 Å². The van der Waals surface area contributed by atoms with Crippen molar-refractivity contribution in [2.45, 2.75) is 51.2 Å². The highest BCUT2D eigenvalue weighted by Gasteiger charge is 2.52. The number of benzene rings is 2. The summed E-state index contributed by atoms with van der Waals surface area (Å²) in [6.07, 6.45) is 2.42. The normalized spacial score (nSPS) is 22.6. The number of likely N-dealkylation sites (tertiary alicyclic amines) is 1. The number of carbonyl (C=O) groups excluding carboxylic acids is 2. The van der Waals surface area contributed by atoms with Crippen LogP contribution in [0.5, 0.6) is 11.5 Å². The van der Waals surface area contributed by atoms with E-state index in [1.807, 2.05) is 19.1 Å². The van der Waals surface area contributed by atoms with Crippen molar-refractivity contribution in [2.24, 2.45) is 5.92 Å². The summed E-state index contributed by atoms with van der Waals surface area (Å²) in [5.74, 6) is 0.0712. The molecule has 0 unspecified atom stereocenters. The number of imide groups is 1. The molecule has 0 saturated carbocycles. The Kier molecular flexibility index (Phi) is 6.79. The van der Waals surface area contributed by atoms with E-state index < -0.39 is 11.6 Å². The van der Waals surface area contributed by atoms with Gasteiger partial charge in [-0.2, -0.15) is 0 Å². The van der Waals surface area contributed by atoms with Gasteiger partial charge in [0.15, 0.2) is 11.5 Å². The molecule has 8 heteroatoms. The summed E-state index contributed by atoms with van der Waals surface area (Å²) in [5.41, 5.74) is 0.867. The molecule has 2 heterocycles. The number of piperidine rings is 1. The zero-order valence-corrected chi connectivity index (χ0v) is 19.9. The fraction of sp³-hybridized carbons (Fsp3) is 0.462. The van der Waals surface area contributed by atoms with E-state index in [0.717, 1.165) is 37.9 Å². The quantitative estimate of drug-likeness (QED) is 0.605. The van der Waals surface area contributed by atoms with Crippen molar-refractivity contribution in [3.63, 3.8) is 0 Å². The van der Waals surface area contributed by atoms with E-state index in [0.29, 0.717) is 11.3 Å². The summed E-state index contributed by atoms with van der Waals surface area (Å²) in [7, 11) is 1.54. The number of hydrogen-bond acceptors (Lipinski definition) is 5. The van der Waals surface area contributed by atoms with Crippen LogP contribution in [0, 0.1) is 11.7 Å². The van der Waals surface area contributed by atoms with Crippen LogP contribution in [-0.4, -0.2) is 58.6 Å². The van der Waals surface area contributed by atoms with Crippen molar-refractivity contribution >= 4 is 11.9 Å². The Hall–Kier alpha value is -3.13. The van der Waals surface area contributed by atoms with Crippen LogP contribution in [0.2, 0.25) is 0 Å². The number of phenolic OH excluding ortho intramolecular Hbond substituents is 1. The number of hydrogen-bond donors (Lipinski definition) is 2. The summed E-state index contributed by atoms with van der Waals surface area (Å²) >= 11 is 0. The molecule has 2 aliphatic rings. The lowest BCUT2D eigenvalue weighted by atomic mass is 9.78. The standard InChI is InChI=1S/C26H32FN3O4/c1-17(14-19-6-9-22(31)23(15-19)34-3)29-12-10-20(11-13-29)26(2)24(32)30(25(33)28-26)16-18-4-7-21(27)8-5-18/h4-9,15,17,20,31H,10-14,16H2,1-3H3,(H,28,33)/t17-,26-/m0/s1. The first-order valence-corrected chi connectivity index (χ1v) is 11.7. The average molecular weight is 470 g/mol. The molecule has 2 aromatic rings. The summed E-state index contributed by atoms with van der Waals surface area (Å²) in [6.45, 7) is 5.79. The molecule has 182 valence electrons. The summed E-state index contributed by atoms with van der Waals surface area (Å²) < 4.78 is 18.4. The predicted octanol–water partition coefficient (Wildman–Crippen LogP) is 3.69. The molecule has 0 bridgehead atoms. The second-order valence-electron chi connectivity index (χ2n) is 9.52. The van der Waals surface area contributed by atoms with Crippen LogP contribution in [0.25, 0.3) is 0 Å². The highest BCUT2D eigenvalue weighted by Crippen LogP contribution is 2.35. The average Bonchev–Trinajstić information content (AvgIpc) is 3.05. The largest absolute Gasteiger partial charge is 0.504 e. The van der Waals surface area contributed by atoms with Gasteiger partial charge in [0, 0.05) is 6.04 Å². The first kappa shape index (κ1) is 24.0. The maximum absolute atomic E-state index is 13.3. The van der Waals surface area contributed by atoms with Crippen molar-refractivity contribution in [2.75, 3.05) is 20.2 Å². The van der Waals surface area contributed by atoms with E-state index in [1.165, 1.54) is 24.1 Å². The highest BCUT2D eigenvalue weighted by atomic mass is 19.1. The lowest BCUT2D eigenvalue weighted by Crippen LogP contribution is -2.54. The molecule has 2 fully saturated rings. The van der Waals surface area contributed by atoms with Crippen LogP contribution in [0.4, 0.5) is 9.18 Å². The van der Waals surface area contributed by atoms with E-state index in [2.05, 4.69) is 17.1 Å². The summed E-state index contributed by atoms with van der Waals surface area (Å²) in [4.78, 5) is 29.6. The van der Waals surface area contributed by atoms with E-state index >= 15 is 0 Å². The number of halogens is 1. The van der Waals surface area contributed by atoms with Crippen LogP contribution in [0.3, 0.4) is 0 Å². The van der Waals surface area contributed by atoms with E-state index in [9.17, 15) is 19.1 Å². The zero-order valence-electron chi connectivity index (χ0n) is 19.9. The Morgan fingerprint density at radius 1 is 1.15 bits per heavy atom. The van der Waals surface area contributed by atoms with Crippen molar-refractivity contribution in [1.29, 1.82) is 0 Å². The molecule has 2 aliphatic heterocycles. The van der Waals surface area contributed by atoms with Gasteiger partial charge in [0.25, 0.3) is 5.91 Å². The minimum atomic E-state index is -0.934.